The number of halogens is 4. The predicted octanol–water partition coefficient (Wildman–Crippen LogP) is 2.20. The summed E-state index contributed by atoms with van der Waals surface area (Å²) in [6, 6.07) is 6.62. The van der Waals surface area contributed by atoms with Gasteiger partial charge in [0.15, 0.2) is 0 Å². The van der Waals surface area contributed by atoms with Gasteiger partial charge in [-0.3, -0.25) is 0 Å². The fourth-order valence-corrected chi connectivity index (χ4v) is 9.69. The number of nitrogens with one attached hydrogen (secondary N) is 1. The zero-order valence-electron chi connectivity index (χ0n) is 21.1. The molecule has 0 bridgehead atoms. The number of carbonyl (C=O) groups is 1. The van der Waals surface area contributed by atoms with E-state index in [1.807, 2.05) is 17.1 Å². The van der Waals surface area contributed by atoms with Crippen LogP contribution in [0.5, 0.6) is 0 Å². The number of rotatable bonds is 6. The van der Waals surface area contributed by atoms with Gasteiger partial charge in [-0.25, -0.2) is 0 Å². The van der Waals surface area contributed by atoms with Crippen molar-refractivity contribution < 1.29 is 45.0 Å². The maximum atomic E-state index is 15.3. The number of amides is 1. The normalized spacial score (nSPS) is 20.9. The molecule has 2 aromatic carbocycles. The molecule has 11 heteroatoms. The molecule has 1 aliphatic heterocycles. The van der Waals surface area contributed by atoms with E-state index in [-0.39, 0.29) is 9.48 Å². The van der Waals surface area contributed by atoms with E-state index in [9.17, 15) is 18.7 Å². The van der Waals surface area contributed by atoms with Crippen molar-refractivity contribution in [2.45, 2.75) is 45.3 Å². The summed E-state index contributed by atoms with van der Waals surface area (Å²) >= 11 is -3.43. The Labute approximate surface area is 212 Å². The van der Waals surface area contributed by atoms with Crippen LogP contribution in [0.4, 0.5) is 29.5 Å². The van der Waals surface area contributed by atoms with E-state index < -0.39 is 47.8 Å². The summed E-state index contributed by atoms with van der Waals surface area (Å²) in [4.78, 5) is 25.4. The molecule has 3 aromatic rings. The number of alkyl halides is 3. The van der Waals surface area contributed by atoms with Crippen LogP contribution in [0.25, 0.3) is 10.9 Å². The molecule has 2 heterocycles. The number of aromatic nitrogens is 2. The number of hydrogen-bond donors (Lipinski definition) is 2. The van der Waals surface area contributed by atoms with E-state index >= 15 is 4.39 Å². The van der Waals surface area contributed by atoms with Gasteiger partial charge in [-0.2, -0.15) is 0 Å². The number of nitrogens with zero attached hydrogens (tertiary/aromatic N) is 3. The van der Waals surface area contributed by atoms with Crippen LogP contribution in [0.3, 0.4) is 0 Å². The van der Waals surface area contributed by atoms with Crippen molar-refractivity contribution in [2.75, 3.05) is 29.3 Å². The molecule has 4 rings (SSSR count). The summed E-state index contributed by atoms with van der Waals surface area (Å²) < 4.78 is 51.4. The second kappa shape index (κ2) is 8.80. The van der Waals surface area contributed by atoms with Gasteiger partial charge < -0.3 is 0 Å². The molecule has 1 unspecified atom stereocenters. The predicted molar refractivity (Wildman–Crippen MR) is 128 cm³/mol. The molecule has 0 radical (unpaired) electrons. The van der Waals surface area contributed by atoms with Gasteiger partial charge >= 0.3 is 213 Å². The molecule has 0 spiro atoms. The van der Waals surface area contributed by atoms with Crippen LogP contribution in [0.1, 0.15) is 43.8 Å². The Balaban J connectivity index is 1.81. The first-order valence-corrected chi connectivity index (χ1v) is 16.4. The third-order valence-corrected chi connectivity index (χ3v) is 13.8. The summed E-state index contributed by atoms with van der Waals surface area (Å²) in [7, 11) is 3.24. The van der Waals surface area contributed by atoms with E-state index in [0.717, 1.165) is 29.2 Å². The fourth-order valence-electron chi connectivity index (χ4n) is 4.22. The van der Waals surface area contributed by atoms with Crippen LogP contribution in [0.2, 0.25) is 0 Å². The van der Waals surface area contributed by atoms with E-state index in [1.54, 1.807) is 25.8 Å². The van der Waals surface area contributed by atoms with Gasteiger partial charge in [0.25, 0.3) is 0 Å². The monoisotopic (exact) mass is 617 g/mol. The molecular weight excluding hydrogens is 588 g/mol. The number of aryl methyl sites for hydroxylation is 1. The summed E-state index contributed by atoms with van der Waals surface area (Å²) in [6.45, 7) is 5.22. The maximum absolute atomic E-state index is 15.3. The SMILES string of the molecule is CO[I-]1(C)C(=O)N(C)c2cc3nc(C)nc(N[C@H](C)c4cccc(C(F)(F)C(C)(C)O)c4F)c3cc21. The van der Waals surface area contributed by atoms with Crippen molar-refractivity contribution >= 4 is 26.3 Å². The van der Waals surface area contributed by atoms with Crippen LogP contribution < -0.4 is 29.1 Å². The fraction of sp³-hybridized carbons (Fsp3) is 0.400. The van der Waals surface area contributed by atoms with Gasteiger partial charge in [-0.05, 0) is 0 Å². The Morgan fingerprint density at radius 1 is 1.22 bits per heavy atom. The van der Waals surface area contributed by atoms with Crippen LogP contribution in [-0.2, 0) is 8.99 Å². The molecule has 1 amide bonds. The van der Waals surface area contributed by atoms with E-state index in [4.69, 9.17) is 3.07 Å². The van der Waals surface area contributed by atoms with Crippen molar-refractivity contribution in [1.82, 2.24) is 9.97 Å². The molecule has 0 fully saturated rings. The Morgan fingerprint density at radius 3 is 2.50 bits per heavy atom. The van der Waals surface area contributed by atoms with Gasteiger partial charge in [0, 0.05) is 0 Å². The zero-order valence-corrected chi connectivity index (χ0v) is 23.2. The number of benzene rings is 2. The first kappa shape index (κ1) is 26.6. The van der Waals surface area contributed by atoms with Crippen molar-refractivity contribution in [1.29, 1.82) is 0 Å². The van der Waals surface area contributed by atoms with Gasteiger partial charge in [-0.15, -0.1) is 0 Å². The summed E-state index contributed by atoms with van der Waals surface area (Å²) in [5, 5.41) is 13.7. The molecule has 2 N–H and O–H groups in total. The van der Waals surface area contributed by atoms with Gasteiger partial charge in [0.05, 0.1) is 0 Å². The second-order valence-corrected chi connectivity index (χ2v) is 16.8. The van der Waals surface area contributed by atoms with E-state index in [1.165, 1.54) is 19.2 Å². The van der Waals surface area contributed by atoms with Crippen molar-refractivity contribution in [2.24, 2.45) is 0 Å². The Kier molecular flexibility index (Phi) is 6.49. The number of hydrogen-bond acceptors (Lipinski definition) is 6. The Morgan fingerprint density at radius 2 is 1.89 bits per heavy atom. The standard InChI is InChI=1S/C25H29F3IN4O3/c1-13(15-9-8-10-17(21(15)26)25(27,28)24(3,4)35)30-22-16-11-18-20(12-19(16)31-14(2)32-22)33(6)23(34)29(18,5)36-7/h8-13,35H,1-7H3,(H,30,31,32)/q-1/t13-/m1/s1. The third-order valence-electron chi connectivity index (χ3n) is 6.46. The van der Waals surface area contributed by atoms with Crippen LogP contribution in [-0.4, -0.2) is 43.7 Å². The summed E-state index contributed by atoms with van der Waals surface area (Å²) in [5.41, 5.74) is -2.02. The average Bonchev–Trinajstić information content (AvgIpc) is 2.98. The van der Waals surface area contributed by atoms with Gasteiger partial charge in [-0.1, -0.05) is 0 Å². The molecule has 1 aromatic heterocycles. The van der Waals surface area contributed by atoms with Crippen LogP contribution >= 0.6 is 0 Å². The number of carbonyl (C=O) groups excluding carboxylic acids is 1. The van der Waals surface area contributed by atoms with Gasteiger partial charge in [0.1, 0.15) is 0 Å². The molecule has 36 heavy (non-hydrogen) atoms. The van der Waals surface area contributed by atoms with E-state index in [2.05, 4.69) is 15.3 Å². The molecule has 7 nitrogen and oxygen atoms in total. The molecular formula is C25H29F3IN4O3-. The number of fused-ring (bicyclic) bond motifs is 2. The quantitative estimate of drug-likeness (QED) is 0.191. The zero-order chi connectivity index (χ0) is 26.8. The molecule has 0 aliphatic carbocycles. The molecule has 0 saturated carbocycles. The average molecular weight is 617 g/mol. The van der Waals surface area contributed by atoms with Crippen molar-refractivity contribution in [3.05, 3.63) is 56.7 Å². The summed E-state index contributed by atoms with van der Waals surface area (Å²) in [6.07, 6.45) is 0. The molecule has 2 atom stereocenters. The first-order valence-electron chi connectivity index (χ1n) is 11.2. The van der Waals surface area contributed by atoms with Crippen LogP contribution in [0.15, 0.2) is 30.3 Å². The molecule has 0 saturated heterocycles. The second-order valence-electron chi connectivity index (χ2n) is 9.40. The third kappa shape index (κ3) is 4.01. The van der Waals surface area contributed by atoms with Crippen LogP contribution in [0, 0.1) is 16.3 Å². The molecule has 1 aliphatic rings. The number of aliphatic hydroxyl groups is 1. The molecule has 196 valence electrons. The van der Waals surface area contributed by atoms with Gasteiger partial charge in [0.2, 0.25) is 0 Å². The minimum atomic E-state index is -3.80. The number of anilines is 2. The minimum absolute atomic E-state index is 0.00390. The van der Waals surface area contributed by atoms with Crippen molar-refractivity contribution in [3.63, 3.8) is 0 Å². The summed E-state index contributed by atoms with van der Waals surface area (Å²) in [5.74, 6) is -4.08. The van der Waals surface area contributed by atoms with Crippen molar-refractivity contribution in [3.8, 4) is 0 Å². The van der Waals surface area contributed by atoms with E-state index in [0.29, 0.717) is 22.5 Å². The topological polar surface area (TPSA) is 87.6 Å². The first-order chi connectivity index (χ1) is 16.6. The Hall–Kier alpha value is -2.51. The Bertz CT molecular complexity index is 1380.